The number of carbonyl (C=O) groups is 2. The second-order valence-corrected chi connectivity index (χ2v) is 8.68. The molecule has 2 aliphatic carbocycles. The highest BCUT2D eigenvalue weighted by Crippen LogP contribution is 2.27. The molecule has 2 N–H and O–H groups in total. The Morgan fingerprint density at radius 3 is 1.46 bits per heavy atom. The van der Waals surface area contributed by atoms with E-state index in [1.807, 2.05) is 0 Å². The van der Waals surface area contributed by atoms with Gasteiger partial charge in [0, 0.05) is 13.1 Å². The maximum Gasteiger partial charge on any atom is 0.407 e. The standard InChI is InChI=1S/C22H40N2O4/c1-17-11-5-7-13-19(17)27-21(25)23-15-9-3-4-10-16-24-22(26)28-20-14-8-6-12-18(20)2/h17-20H,3-16H2,1-2H3,(H,23,25)(H,24,26)/t17-,18-,19+,20+/m0/s1. The molecule has 2 aliphatic rings. The number of ether oxygens (including phenoxy) is 2. The Hall–Kier alpha value is -1.46. The smallest absolute Gasteiger partial charge is 0.407 e. The Bertz CT molecular complexity index is 429. The summed E-state index contributed by atoms with van der Waals surface area (Å²) in [5.41, 5.74) is 0. The van der Waals surface area contributed by atoms with Gasteiger partial charge in [0.05, 0.1) is 0 Å². The molecule has 0 spiro atoms. The minimum atomic E-state index is -0.278. The summed E-state index contributed by atoms with van der Waals surface area (Å²) in [6.45, 7) is 5.62. The molecular weight excluding hydrogens is 356 g/mol. The van der Waals surface area contributed by atoms with Gasteiger partial charge in [0.15, 0.2) is 0 Å². The third-order valence-electron chi connectivity index (χ3n) is 6.22. The molecule has 4 atom stereocenters. The summed E-state index contributed by atoms with van der Waals surface area (Å²) in [4.78, 5) is 23.7. The Kier molecular flexibility index (Phi) is 10.5. The zero-order chi connectivity index (χ0) is 20.2. The minimum Gasteiger partial charge on any atom is -0.446 e. The van der Waals surface area contributed by atoms with Crippen LogP contribution in [0.5, 0.6) is 0 Å². The van der Waals surface area contributed by atoms with Crippen molar-refractivity contribution in [2.24, 2.45) is 11.8 Å². The van der Waals surface area contributed by atoms with E-state index in [4.69, 9.17) is 9.47 Å². The van der Waals surface area contributed by atoms with Crippen molar-refractivity contribution in [1.29, 1.82) is 0 Å². The second-order valence-electron chi connectivity index (χ2n) is 8.68. The minimum absolute atomic E-state index is 0.0798. The van der Waals surface area contributed by atoms with Gasteiger partial charge in [0.25, 0.3) is 0 Å². The molecule has 162 valence electrons. The van der Waals surface area contributed by atoms with Gasteiger partial charge < -0.3 is 20.1 Å². The molecule has 6 nitrogen and oxygen atoms in total. The number of hydrogen-bond acceptors (Lipinski definition) is 4. The summed E-state index contributed by atoms with van der Waals surface area (Å²) in [5.74, 6) is 0.944. The van der Waals surface area contributed by atoms with Gasteiger partial charge in [-0.25, -0.2) is 9.59 Å². The van der Waals surface area contributed by atoms with Crippen LogP contribution in [0.2, 0.25) is 0 Å². The maximum atomic E-state index is 11.9. The molecule has 0 aromatic heterocycles. The summed E-state index contributed by atoms with van der Waals surface area (Å²) in [5, 5.41) is 5.72. The largest absolute Gasteiger partial charge is 0.446 e. The Balaban J connectivity index is 1.41. The third kappa shape index (κ3) is 8.70. The average molecular weight is 397 g/mol. The fourth-order valence-corrected chi connectivity index (χ4v) is 4.26. The van der Waals surface area contributed by atoms with Gasteiger partial charge in [-0.3, -0.25) is 0 Å². The average Bonchev–Trinajstić information content (AvgIpc) is 2.67. The number of rotatable bonds is 9. The van der Waals surface area contributed by atoms with Crippen molar-refractivity contribution in [3.63, 3.8) is 0 Å². The van der Waals surface area contributed by atoms with Gasteiger partial charge in [-0.1, -0.05) is 39.5 Å². The predicted molar refractivity (Wildman–Crippen MR) is 110 cm³/mol. The van der Waals surface area contributed by atoms with Crippen molar-refractivity contribution in [1.82, 2.24) is 10.6 Å². The number of unbranched alkanes of at least 4 members (excludes halogenated alkanes) is 3. The Morgan fingerprint density at radius 2 is 1.07 bits per heavy atom. The summed E-state index contributed by atoms with van der Waals surface area (Å²) in [6, 6.07) is 0. The van der Waals surface area contributed by atoms with Crippen LogP contribution < -0.4 is 10.6 Å². The van der Waals surface area contributed by atoms with Crippen molar-refractivity contribution >= 4 is 12.2 Å². The maximum absolute atomic E-state index is 11.9. The van der Waals surface area contributed by atoms with Crippen LogP contribution in [0.3, 0.4) is 0 Å². The van der Waals surface area contributed by atoms with Crippen LogP contribution in [0.4, 0.5) is 9.59 Å². The van der Waals surface area contributed by atoms with Crippen LogP contribution in [0.15, 0.2) is 0 Å². The van der Waals surface area contributed by atoms with E-state index in [0.717, 1.165) is 64.2 Å². The van der Waals surface area contributed by atoms with E-state index in [9.17, 15) is 9.59 Å². The predicted octanol–water partition coefficient (Wildman–Crippen LogP) is 5.16. The first-order valence-electron chi connectivity index (χ1n) is 11.4. The van der Waals surface area contributed by atoms with Gasteiger partial charge in [-0.15, -0.1) is 0 Å². The topological polar surface area (TPSA) is 76.7 Å². The Labute approximate surface area is 170 Å². The zero-order valence-electron chi connectivity index (χ0n) is 17.8. The van der Waals surface area contributed by atoms with Crippen molar-refractivity contribution in [2.45, 2.75) is 103 Å². The van der Waals surface area contributed by atoms with E-state index >= 15 is 0 Å². The lowest BCUT2D eigenvalue weighted by Gasteiger charge is -2.28. The van der Waals surface area contributed by atoms with Gasteiger partial charge in [0.2, 0.25) is 0 Å². The summed E-state index contributed by atoms with van der Waals surface area (Å²) in [7, 11) is 0. The molecule has 0 aromatic rings. The summed E-state index contributed by atoms with van der Waals surface area (Å²) in [6.07, 6.45) is 12.6. The van der Waals surface area contributed by atoms with E-state index in [-0.39, 0.29) is 24.4 Å². The third-order valence-corrected chi connectivity index (χ3v) is 6.22. The first-order chi connectivity index (χ1) is 13.6. The van der Waals surface area contributed by atoms with E-state index in [1.165, 1.54) is 12.8 Å². The fraction of sp³-hybridized carbons (Fsp3) is 0.909. The molecule has 0 aromatic carbocycles. The van der Waals surface area contributed by atoms with Gasteiger partial charge in [0.1, 0.15) is 12.2 Å². The van der Waals surface area contributed by atoms with Crippen molar-refractivity contribution in [3.8, 4) is 0 Å². The highest BCUT2D eigenvalue weighted by molar-refractivity contribution is 5.67. The van der Waals surface area contributed by atoms with Gasteiger partial charge >= 0.3 is 12.2 Å². The lowest BCUT2D eigenvalue weighted by Crippen LogP contribution is -2.34. The fourth-order valence-electron chi connectivity index (χ4n) is 4.26. The first-order valence-corrected chi connectivity index (χ1v) is 11.4. The van der Waals surface area contributed by atoms with Crippen LogP contribution in [-0.4, -0.2) is 37.5 Å². The summed E-state index contributed by atoms with van der Waals surface area (Å²) < 4.78 is 11.1. The molecule has 28 heavy (non-hydrogen) atoms. The quantitative estimate of drug-likeness (QED) is 0.528. The lowest BCUT2D eigenvalue weighted by molar-refractivity contribution is 0.0429. The van der Waals surface area contributed by atoms with E-state index in [0.29, 0.717) is 24.9 Å². The number of hydrogen-bond donors (Lipinski definition) is 2. The van der Waals surface area contributed by atoms with Crippen LogP contribution >= 0.6 is 0 Å². The molecule has 0 bridgehead atoms. The lowest BCUT2D eigenvalue weighted by atomic mass is 9.88. The van der Waals surface area contributed by atoms with Crippen molar-refractivity contribution < 1.29 is 19.1 Å². The molecule has 2 rings (SSSR count). The van der Waals surface area contributed by atoms with Crippen molar-refractivity contribution in [2.75, 3.05) is 13.1 Å². The van der Waals surface area contributed by atoms with Gasteiger partial charge in [-0.2, -0.15) is 0 Å². The number of carbonyl (C=O) groups excluding carboxylic acids is 2. The highest BCUT2D eigenvalue weighted by atomic mass is 16.6. The first kappa shape index (κ1) is 22.8. The SMILES string of the molecule is C[C@H]1CCCC[C@H]1OC(=O)NCCCCCCNC(=O)O[C@@H]1CCCC[C@@H]1C. The second kappa shape index (κ2) is 12.9. The van der Waals surface area contributed by atoms with Gasteiger partial charge in [-0.05, 0) is 63.2 Å². The van der Waals surface area contributed by atoms with E-state index in [2.05, 4.69) is 24.5 Å². The molecular formula is C22H40N2O4. The number of alkyl carbamates (subject to hydrolysis) is 2. The molecule has 2 saturated carbocycles. The highest BCUT2D eigenvalue weighted by Gasteiger charge is 2.25. The number of amides is 2. The molecule has 6 heteroatoms. The van der Waals surface area contributed by atoms with Crippen LogP contribution in [0.25, 0.3) is 0 Å². The van der Waals surface area contributed by atoms with Crippen LogP contribution in [0, 0.1) is 11.8 Å². The van der Waals surface area contributed by atoms with Crippen LogP contribution in [-0.2, 0) is 9.47 Å². The molecule has 0 heterocycles. The molecule has 0 saturated heterocycles. The Morgan fingerprint density at radius 1 is 0.679 bits per heavy atom. The normalized spacial score (nSPS) is 27.6. The number of nitrogens with one attached hydrogen (secondary N) is 2. The molecule has 2 amide bonds. The van der Waals surface area contributed by atoms with E-state index < -0.39 is 0 Å². The monoisotopic (exact) mass is 396 g/mol. The zero-order valence-corrected chi connectivity index (χ0v) is 17.8. The molecule has 2 fully saturated rings. The molecule has 0 radical (unpaired) electrons. The van der Waals surface area contributed by atoms with E-state index in [1.54, 1.807) is 0 Å². The molecule has 0 aliphatic heterocycles. The van der Waals surface area contributed by atoms with Crippen molar-refractivity contribution in [3.05, 3.63) is 0 Å². The molecule has 0 unspecified atom stereocenters. The van der Waals surface area contributed by atoms with Crippen LogP contribution in [0.1, 0.15) is 90.9 Å². The summed E-state index contributed by atoms with van der Waals surface area (Å²) >= 11 is 0.